The van der Waals surface area contributed by atoms with Crippen molar-refractivity contribution in [3.8, 4) is 22.4 Å². The lowest BCUT2D eigenvalue weighted by molar-refractivity contribution is 0.0189. The molecule has 4 heterocycles. The van der Waals surface area contributed by atoms with Crippen molar-refractivity contribution in [3.05, 3.63) is 70.2 Å². The third-order valence-corrected chi connectivity index (χ3v) is 9.74. The lowest BCUT2D eigenvalue weighted by atomic mass is 10.0. The number of imidazole rings is 1. The van der Waals surface area contributed by atoms with E-state index in [1.807, 2.05) is 82.8 Å². The second-order valence-electron chi connectivity index (χ2n) is 15.9. The number of nitrogens with one attached hydrogen (secondary N) is 3. The molecule has 3 aliphatic rings. The molecule has 2 saturated heterocycles. The minimum Gasteiger partial charge on any atom is -0.444 e. The molecule has 268 valence electrons. The summed E-state index contributed by atoms with van der Waals surface area (Å²) >= 11 is 13.4. The first kappa shape index (κ1) is 35.9. The molecule has 2 amide bonds. The molecule has 6 rings (SSSR count). The van der Waals surface area contributed by atoms with Crippen LogP contribution in [-0.2, 0) is 9.47 Å². The summed E-state index contributed by atoms with van der Waals surface area (Å²) in [6.07, 6.45) is 0.734. The molecule has 2 fully saturated rings. The van der Waals surface area contributed by atoms with Crippen molar-refractivity contribution < 1.29 is 19.1 Å². The Bertz CT molecular complexity index is 1760. The summed E-state index contributed by atoms with van der Waals surface area (Å²) in [5.74, 6) is 1.32. The van der Waals surface area contributed by atoms with E-state index in [0.29, 0.717) is 46.8 Å². The second kappa shape index (κ2) is 13.7. The molecule has 3 N–H and O–H groups in total. The Morgan fingerprint density at radius 1 is 0.740 bits per heavy atom. The van der Waals surface area contributed by atoms with Crippen molar-refractivity contribution in [2.24, 2.45) is 11.8 Å². The summed E-state index contributed by atoms with van der Waals surface area (Å²) in [5.41, 5.74) is 4.19. The van der Waals surface area contributed by atoms with Gasteiger partial charge >= 0.3 is 12.2 Å². The van der Waals surface area contributed by atoms with Gasteiger partial charge in [0.05, 0.1) is 17.8 Å². The Hall–Kier alpha value is -3.89. The third-order valence-electron chi connectivity index (χ3n) is 9.16. The van der Waals surface area contributed by atoms with E-state index < -0.39 is 11.2 Å². The highest BCUT2D eigenvalue weighted by Gasteiger charge is 2.43. The van der Waals surface area contributed by atoms with Crippen LogP contribution in [0.4, 0.5) is 9.59 Å². The van der Waals surface area contributed by atoms with Gasteiger partial charge in [-0.3, -0.25) is 4.90 Å². The number of rotatable bonds is 5. The maximum atomic E-state index is 13.0. The quantitative estimate of drug-likeness (QED) is 0.226. The van der Waals surface area contributed by atoms with Gasteiger partial charge < -0.3 is 30.0 Å². The van der Waals surface area contributed by atoms with Crippen LogP contribution >= 0.6 is 23.2 Å². The number of ether oxygens (including phenoxy) is 2. The van der Waals surface area contributed by atoms with Crippen LogP contribution in [0.2, 0.25) is 5.15 Å². The predicted octanol–water partition coefficient (Wildman–Crippen LogP) is 8.74. The van der Waals surface area contributed by atoms with Gasteiger partial charge in [-0.25, -0.2) is 14.6 Å². The van der Waals surface area contributed by atoms with Crippen molar-refractivity contribution in [2.45, 2.75) is 97.7 Å². The molecule has 0 saturated carbocycles. The van der Waals surface area contributed by atoms with Crippen LogP contribution in [0.15, 0.2) is 53.7 Å². The normalized spacial score (nSPS) is 24.0. The van der Waals surface area contributed by atoms with E-state index >= 15 is 0 Å². The zero-order valence-corrected chi connectivity index (χ0v) is 31.6. The number of aromatic nitrogens is 2. The van der Waals surface area contributed by atoms with Crippen molar-refractivity contribution in [2.75, 3.05) is 13.1 Å². The van der Waals surface area contributed by atoms with Crippen molar-refractivity contribution in [1.82, 2.24) is 30.4 Å². The average molecular weight is 724 g/mol. The smallest absolute Gasteiger partial charge is 0.410 e. The lowest BCUT2D eigenvalue weighted by Gasteiger charge is -2.32. The number of nitrogens with zero attached hydrogens (tertiary/aromatic N) is 3. The van der Waals surface area contributed by atoms with E-state index in [1.165, 1.54) is 0 Å². The third kappa shape index (κ3) is 7.86. The SMILES string of the molecule is C[C@H]1C[C@@H](c2nc(-c3ccc(-c4ccc(C5=C(Cl)NC([C@@H]6C[C@H](C)CN6C(=O)OC(C)(C)C)N5)cc4)cc3)c(Cl)[nH]2)N(C(=O)OC(C)(C)C)C1. The van der Waals surface area contributed by atoms with E-state index in [4.69, 9.17) is 37.7 Å². The van der Waals surface area contributed by atoms with Crippen LogP contribution in [-0.4, -0.2) is 68.5 Å². The molecule has 12 heteroatoms. The maximum Gasteiger partial charge on any atom is 0.410 e. The zero-order valence-electron chi connectivity index (χ0n) is 30.1. The van der Waals surface area contributed by atoms with Gasteiger partial charge in [-0.05, 0) is 77.3 Å². The summed E-state index contributed by atoms with van der Waals surface area (Å²) in [6.45, 7) is 16.7. The van der Waals surface area contributed by atoms with Gasteiger partial charge in [0.2, 0.25) is 0 Å². The maximum absolute atomic E-state index is 13.0. The molecule has 0 spiro atoms. The van der Waals surface area contributed by atoms with E-state index in [0.717, 1.165) is 40.8 Å². The molecular weight excluding hydrogens is 675 g/mol. The molecule has 2 aromatic carbocycles. The van der Waals surface area contributed by atoms with Crippen LogP contribution in [0, 0.1) is 11.8 Å². The van der Waals surface area contributed by atoms with Gasteiger partial charge in [0.1, 0.15) is 39.2 Å². The molecule has 5 atom stereocenters. The first-order valence-corrected chi connectivity index (χ1v) is 18.1. The number of likely N-dealkylation sites (tertiary alicyclic amines) is 2. The summed E-state index contributed by atoms with van der Waals surface area (Å²) in [5, 5.41) is 7.85. The van der Waals surface area contributed by atoms with Gasteiger partial charge in [0.25, 0.3) is 0 Å². The fourth-order valence-corrected chi connectivity index (χ4v) is 7.52. The van der Waals surface area contributed by atoms with Crippen LogP contribution in [0.1, 0.15) is 85.7 Å². The van der Waals surface area contributed by atoms with Crippen molar-refractivity contribution in [3.63, 3.8) is 0 Å². The predicted molar refractivity (Wildman–Crippen MR) is 197 cm³/mol. The van der Waals surface area contributed by atoms with Crippen molar-refractivity contribution in [1.29, 1.82) is 0 Å². The highest BCUT2D eigenvalue weighted by molar-refractivity contribution is 6.32. The number of H-pyrrole nitrogens is 1. The summed E-state index contributed by atoms with van der Waals surface area (Å²) in [4.78, 5) is 37.6. The van der Waals surface area contributed by atoms with E-state index in [9.17, 15) is 9.59 Å². The topological polar surface area (TPSA) is 112 Å². The number of aromatic amines is 1. The van der Waals surface area contributed by atoms with Crippen LogP contribution in [0.3, 0.4) is 0 Å². The monoisotopic (exact) mass is 722 g/mol. The van der Waals surface area contributed by atoms with Gasteiger partial charge in [0, 0.05) is 24.2 Å². The number of halogens is 2. The average Bonchev–Trinajstić information content (AvgIpc) is 3.80. The standard InChI is InChI=1S/C38H48Cl2N6O4/c1-21-17-27(45(19-21)35(47)49-37(3,4)5)33-41-29(31(39)43-33)25-13-9-23(10-14-25)24-11-15-26(16-12-24)30-32(40)44-34(42-30)28-18-22(2)20-46(28)36(48)50-38(6,7)8/h9-16,21-22,27-28,33,41,43H,17-20H2,1-8H3,(H,42,44)/t21-,22-,27-,28-,33?/m0/s1. The molecule has 10 nitrogen and oxygen atoms in total. The molecule has 0 bridgehead atoms. The van der Waals surface area contributed by atoms with Crippen LogP contribution in [0.5, 0.6) is 0 Å². The zero-order chi connectivity index (χ0) is 36.1. The highest BCUT2D eigenvalue weighted by Crippen LogP contribution is 2.38. The number of carbonyl (C=O) groups is 2. The fourth-order valence-electron chi connectivity index (χ4n) is 6.99. The molecular formula is C38H48Cl2N6O4. The second-order valence-corrected chi connectivity index (χ2v) is 16.7. The number of amides is 2. The molecule has 0 radical (unpaired) electrons. The van der Waals surface area contributed by atoms with Gasteiger partial charge in [0.15, 0.2) is 0 Å². The van der Waals surface area contributed by atoms with E-state index in [2.05, 4.69) is 41.6 Å². The fraction of sp³-hybridized carbons (Fsp3) is 0.500. The number of hydrogen-bond acceptors (Lipinski definition) is 7. The molecule has 3 aliphatic heterocycles. The Balaban J connectivity index is 1.13. The Kier molecular flexibility index (Phi) is 9.82. The first-order chi connectivity index (χ1) is 23.5. The molecule has 1 aromatic heterocycles. The van der Waals surface area contributed by atoms with Crippen molar-refractivity contribution >= 4 is 41.1 Å². The van der Waals surface area contributed by atoms with Gasteiger partial charge in [-0.15, -0.1) is 0 Å². The van der Waals surface area contributed by atoms with Gasteiger partial charge in [-0.1, -0.05) is 85.6 Å². The number of benzene rings is 2. The summed E-state index contributed by atoms with van der Waals surface area (Å²) in [6, 6.07) is 16.0. The van der Waals surface area contributed by atoms with E-state index in [-0.39, 0.29) is 30.4 Å². The Morgan fingerprint density at radius 3 is 1.82 bits per heavy atom. The summed E-state index contributed by atoms with van der Waals surface area (Å²) < 4.78 is 11.4. The Labute approximate surface area is 304 Å². The van der Waals surface area contributed by atoms with E-state index in [1.54, 1.807) is 4.90 Å². The first-order valence-electron chi connectivity index (χ1n) is 17.3. The van der Waals surface area contributed by atoms with Crippen LogP contribution < -0.4 is 10.6 Å². The minimum absolute atomic E-state index is 0.103. The molecule has 3 aromatic rings. The lowest BCUT2D eigenvalue weighted by Crippen LogP contribution is -2.52. The minimum atomic E-state index is -0.583. The Morgan fingerprint density at radius 2 is 1.24 bits per heavy atom. The number of carbonyl (C=O) groups excluding carboxylic acids is 2. The molecule has 0 aliphatic carbocycles. The molecule has 50 heavy (non-hydrogen) atoms. The molecule has 1 unspecified atom stereocenters. The largest absolute Gasteiger partial charge is 0.444 e. The highest BCUT2D eigenvalue weighted by atomic mass is 35.5. The number of hydrogen-bond donors (Lipinski definition) is 3. The van der Waals surface area contributed by atoms with Crippen LogP contribution in [0.25, 0.3) is 28.1 Å². The van der Waals surface area contributed by atoms with Gasteiger partial charge in [-0.2, -0.15) is 0 Å². The summed E-state index contributed by atoms with van der Waals surface area (Å²) in [7, 11) is 0.